The molecular formula is C16H34O3. The van der Waals surface area contributed by atoms with Crippen LogP contribution in [0, 0.1) is 0 Å². The van der Waals surface area contributed by atoms with Gasteiger partial charge in [0.15, 0.2) is 0 Å². The summed E-state index contributed by atoms with van der Waals surface area (Å²) < 4.78 is 5.05. The van der Waals surface area contributed by atoms with Crippen molar-refractivity contribution in [3.05, 3.63) is 0 Å². The lowest BCUT2D eigenvalue weighted by Gasteiger charge is -2.20. The number of hydrogen-bond donors (Lipinski definition) is 2. The first-order valence-corrected chi connectivity index (χ1v) is 8.21. The summed E-state index contributed by atoms with van der Waals surface area (Å²) in [5, 5.41) is 18.8. The van der Waals surface area contributed by atoms with E-state index in [0.29, 0.717) is 13.0 Å². The van der Waals surface area contributed by atoms with E-state index in [-0.39, 0.29) is 6.42 Å². The van der Waals surface area contributed by atoms with E-state index in [1.54, 1.807) is 0 Å². The molecule has 0 bridgehead atoms. The Bertz CT molecular complexity index is 181. The maximum atomic E-state index is 9.39. The fraction of sp³-hybridized carbons (Fsp3) is 1.00. The first-order chi connectivity index (χ1) is 9.12. The summed E-state index contributed by atoms with van der Waals surface area (Å²) in [5.74, 6) is -1.91. The molecule has 3 heteroatoms. The van der Waals surface area contributed by atoms with Gasteiger partial charge in [-0.3, -0.25) is 0 Å². The Morgan fingerprint density at radius 1 is 0.684 bits per heavy atom. The highest BCUT2D eigenvalue weighted by Crippen LogP contribution is 2.13. The summed E-state index contributed by atoms with van der Waals surface area (Å²) in [6, 6.07) is 0. The molecule has 0 aliphatic carbocycles. The molecule has 0 heterocycles. The van der Waals surface area contributed by atoms with Crippen molar-refractivity contribution in [1.29, 1.82) is 0 Å². The number of hydrogen-bond acceptors (Lipinski definition) is 3. The second kappa shape index (κ2) is 12.9. The van der Waals surface area contributed by atoms with Crippen molar-refractivity contribution in [3.8, 4) is 0 Å². The predicted molar refractivity (Wildman–Crippen MR) is 79.9 cm³/mol. The first-order valence-electron chi connectivity index (χ1n) is 8.21. The van der Waals surface area contributed by atoms with Crippen LogP contribution in [0.4, 0.5) is 0 Å². The smallest absolute Gasteiger partial charge is 0.277 e. The topological polar surface area (TPSA) is 49.7 Å². The highest BCUT2D eigenvalue weighted by molar-refractivity contribution is 4.51. The molecule has 0 fully saturated rings. The SMILES string of the molecule is CCCCCCCCCCCCOC(O)(O)CCC. The molecule has 0 atom stereocenters. The number of rotatable bonds is 14. The third kappa shape index (κ3) is 14.1. The van der Waals surface area contributed by atoms with E-state index in [1.807, 2.05) is 6.92 Å². The minimum absolute atomic E-state index is 0.282. The number of aliphatic hydroxyl groups is 2. The molecule has 0 amide bonds. The molecule has 0 spiro atoms. The molecule has 0 aromatic rings. The Balaban J connectivity index is 3.14. The predicted octanol–water partition coefficient (Wildman–Crippen LogP) is 4.36. The molecule has 19 heavy (non-hydrogen) atoms. The number of ether oxygens (including phenoxy) is 1. The third-order valence-electron chi connectivity index (χ3n) is 3.41. The second-order valence-electron chi connectivity index (χ2n) is 5.52. The van der Waals surface area contributed by atoms with Gasteiger partial charge in [0.25, 0.3) is 5.97 Å². The zero-order valence-electron chi connectivity index (χ0n) is 13.0. The van der Waals surface area contributed by atoms with Crippen LogP contribution in [-0.4, -0.2) is 22.8 Å². The van der Waals surface area contributed by atoms with E-state index in [0.717, 1.165) is 12.8 Å². The van der Waals surface area contributed by atoms with Crippen molar-refractivity contribution < 1.29 is 14.9 Å². The minimum Gasteiger partial charge on any atom is -0.343 e. The van der Waals surface area contributed by atoms with E-state index >= 15 is 0 Å². The van der Waals surface area contributed by atoms with Crippen LogP contribution in [0.3, 0.4) is 0 Å². The van der Waals surface area contributed by atoms with Crippen LogP contribution in [0.5, 0.6) is 0 Å². The second-order valence-corrected chi connectivity index (χ2v) is 5.52. The van der Waals surface area contributed by atoms with Crippen LogP contribution < -0.4 is 0 Å². The average molecular weight is 274 g/mol. The lowest BCUT2D eigenvalue weighted by atomic mass is 10.1. The van der Waals surface area contributed by atoms with Crippen molar-refractivity contribution in [2.24, 2.45) is 0 Å². The standard InChI is InChI=1S/C16H34O3/c1-3-5-6-7-8-9-10-11-12-13-15-19-16(17,18)14-4-2/h17-18H,3-15H2,1-2H3. The zero-order valence-corrected chi connectivity index (χ0v) is 13.0. The van der Waals surface area contributed by atoms with E-state index in [4.69, 9.17) is 4.74 Å². The van der Waals surface area contributed by atoms with Gasteiger partial charge < -0.3 is 14.9 Å². The van der Waals surface area contributed by atoms with E-state index in [1.165, 1.54) is 51.4 Å². The fourth-order valence-electron chi connectivity index (χ4n) is 2.22. The summed E-state index contributed by atoms with van der Waals surface area (Å²) >= 11 is 0. The molecular weight excluding hydrogens is 240 g/mol. The maximum Gasteiger partial charge on any atom is 0.277 e. The van der Waals surface area contributed by atoms with E-state index < -0.39 is 5.97 Å². The summed E-state index contributed by atoms with van der Waals surface area (Å²) in [5.41, 5.74) is 0. The average Bonchev–Trinajstić information content (AvgIpc) is 2.36. The summed E-state index contributed by atoms with van der Waals surface area (Å²) in [6.07, 6.45) is 13.7. The summed E-state index contributed by atoms with van der Waals surface area (Å²) in [4.78, 5) is 0. The van der Waals surface area contributed by atoms with Crippen molar-refractivity contribution in [2.75, 3.05) is 6.61 Å². The Labute approximate surface area is 119 Å². The van der Waals surface area contributed by atoms with Gasteiger partial charge in [0.1, 0.15) is 0 Å². The van der Waals surface area contributed by atoms with E-state index in [9.17, 15) is 10.2 Å². The highest BCUT2D eigenvalue weighted by Gasteiger charge is 2.21. The molecule has 0 saturated heterocycles. The van der Waals surface area contributed by atoms with Gasteiger partial charge in [0.2, 0.25) is 0 Å². The Morgan fingerprint density at radius 2 is 1.16 bits per heavy atom. The molecule has 0 aliphatic heterocycles. The quantitative estimate of drug-likeness (QED) is 0.365. The molecule has 2 N–H and O–H groups in total. The van der Waals surface area contributed by atoms with Crippen LogP contribution in [0.25, 0.3) is 0 Å². The van der Waals surface area contributed by atoms with Crippen molar-refractivity contribution in [1.82, 2.24) is 0 Å². The molecule has 0 aliphatic rings. The molecule has 0 saturated carbocycles. The molecule has 0 rings (SSSR count). The lowest BCUT2D eigenvalue weighted by molar-refractivity contribution is -0.340. The van der Waals surface area contributed by atoms with Gasteiger partial charge in [-0.25, -0.2) is 0 Å². The molecule has 0 aromatic carbocycles. The van der Waals surface area contributed by atoms with Crippen LogP contribution >= 0.6 is 0 Å². The molecule has 0 radical (unpaired) electrons. The third-order valence-corrected chi connectivity index (χ3v) is 3.41. The molecule has 0 unspecified atom stereocenters. The Kier molecular flexibility index (Phi) is 12.8. The molecule has 0 aromatic heterocycles. The van der Waals surface area contributed by atoms with Gasteiger partial charge >= 0.3 is 0 Å². The van der Waals surface area contributed by atoms with Crippen molar-refractivity contribution in [2.45, 2.75) is 96.9 Å². The largest absolute Gasteiger partial charge is 0.343 e. The van der Waals surface area contributed by atoms with Crippen LogP contribution in [0.1, 0.15) is 90.9 Å². The fourth-order valence-corrected chi connectivity index (χ4v) is 2.22. The minimum atomic E-state index is -1.91. The summed E-state index contributed by atoms with van der Waals surface area (Å²) in [7, 11) is 0. The number of unbranched alkanes of at least 4 members (excludes halogenated alkanes) is 9. The maximum absolute atomic E-state index is 9.39. The Morgan fingerprint density at radius 3 is 1.63 bits per heavy atom. The van der Waals surface area contributed by atoms with Gasteiger partial charge in [0, 0.05) is 6.42 Å². The van der Waals surface area contributed by atoms with Crippen molar-refractivity contribution in [3.63, 3.8) is 0 Å². The normalized spacial score (nSPS) is 12.0. The lowest BCUT2D eigenvalue weighted by Crippen LogP contribution is -2.31. The molecule has 3 nitrogen and oxygen atoms in total. The zero-order chi connectivity index (χ0) is 14.4. The van der Waals surface area contributed by atoms with Gasteiger partial charge in [-0.2, -0.15) is 0 Å². The van der Waals surface area contributed by atoms with Gasteiger partial charge in [-0.1, -0.05) is 71.6 Å². The van der Waals surface area contributed by atoms with E-state index in [2.05, 4.69) is 6.92 Å². The monoisotopic (exact) mass is 274 g/mol. The van der Waals surface area contributed by atoms with Gasteiger partial charge in [-0.15, -0.1) is 0 Å². The van der Waals surface area contributed by atoms with Gasteiger partial charge in [0.05, 0.1) is 6.61 Å². The summed E-state index contributed by atoms with van der Waals surface area (Å²) in [6.45, 7) is 4.60. The van der Waals surface area contributed by atoms with Crippen LogP contribution in [0.2, 0.25) is 0 Å². The molecule has 116 valence electrons. The van der Waals surface area contributed by atoms with Crippen LogP contribution in [0.15, 0.2) is 0 Å². The highest BCUT2D eigenvalue weighted by atomic mass is 16.8. The van der Waals surface area contributed by atoms with Crippen LogP contribution in [-0.2, 0) is 4.74 Å². The van der Waals surface area contributed by atoms with Gasteiger partial charge in [-0.05, 0) is 12.8 Å². The van der Waals surface area contributed by atoms with Crippen molar-refractivity contribution >= 4 is 0 Å². The Hall–Kier alpha value is -0.120. The first kappa shape index (κ1) is 18.9.